The Morgan fingerprint density at radius 3 is 0.690 bits per heavy atom. The topological polar surface area (TPSA) is 25.3 Å². The minimum atomic E-state index is 1.03. The summed E-state index contributed by atoms with van der Waals surface area (Å²) in [6.07, 6.45) is 75.2. The molecule has 0 aliphatic carbocycles. The fraction of sp³-hybridized carbons (Fsp3) is 0.810. The molecule has 2 aromatic rings. The van der Waals surface area contributed by atoms with E-state index in [9.17, 15) is 5.53 Å². The van der Waals surface area contributed by atoms with E-state index in [0.29, 0.717) is 0 Å². The summed E-state index contributed by atoms with van der Waals surface area (Å²) in [6, 6.07) is 10.1. The number of allylic oxidation sites excluding steroid dienone is 2. The van der Waals surface area contributed by atoms with Crippen LogP contribution in [0.15, 0.2) is 35.4 Å². The summed E-state index contributed by atoms with van der Waals surface area (Å²) in [7, 11) is 0. The van der Waals surface area contributed by atoms with Gasteiger partial charge in [0.2, 0.25) is 11.4 Å². The molecule has 0 N–H and O–H groups in total. The Labute approximate surface area is 552 Å². The molecule has 1 aliphatic rings. The summed E-state index contributed by atoms with van der Waals surface area (Å²) in [6.45, 7) is 23.2. The Morgan fingerprint density at radius 1 is 0.241 bits per heavy atom. The molecule has 0 atom stereocenters. The van der Waals surface area contributed by atoms with Gasteiger partial charge < -0.3 is 5.53 Å². The van der Waals surface area contributed by atoms with Gasteiger partial charge in [0.15, 0.2) is 0 Å². The van der Waals surface area contributed by atoms with Crippen molar-refractivity contribution in [3.8, 4) is 0 Å². The van der Waals surface area contributed by atoms with Gasteiger partial charge in [0.25, 0.3) is 0 Å². The van der Waals surface area contributed by atoms with E-state index >= 15 is 0 Å². The zero-order chi connectivity index (χ0) is 63.1. The van der Waals surface area contributed by atoms with Crippen LogP contribution in [-0.4, -0.2) is 4.70 Å². The molecule has 0 amide bonds. The van der Waals surface area contributed by atoms with Gasteiger partial charge in [-0.1, -0.05) is 185 Å². The van der Waals surface area contributed by atoms with Crippen molar-refractivity contribution in [3.63, 3.8) is 0 Å². The van der Waals surface area contributed by atoms with Crippen molar-refractivity contribution in [3.05, 3.63) is 85.5 Å². The van der Waals surface area contributed by atoms with Gasteiger partial charge in [0.1, 0.15) is 0 Å². The van der Waals surface area contributed by atoms with E-state index in [1.165, 1.54) is 328 Å². The first-order valence-corrected chi connectivity index (χ1v) is 41.0. The van der Waals surface area contributed by atoms with E-state index in [1.54, 1.807) is 38.1 Å². The second-order valence-electron chi connectivity index (χ2n) is 27.4. The third-order valence-electron chi connectivity index (χ3n) is 19.3. The fourth-order valence-corrected chi connectivity index (χ4v) is 14.8. The minimum Gasteiger partial charge on any atom is -0.493 e. The number of unbranched alkanes of at least 4 members (excludes halogenated alkanes) is 38. The molecule has 0 saturated heterocycles. The Bertz CT molecular complexity index is 1800. The average molecular weight is 1250 g/mol. The summed E-state index contributed by atoms with van der Waals surface area (Å²) in [4.78, 5) is 0. The van der Waals surface area contributed by atoms with Crippen LogP contribution in [-0.2, 0) is 53.0 Å². The number of aryl methyl sites for hydroxylation is 4. The minimum absolute atomic E-state index is 1.03. The van der Waals surface area contributed by atoms with E-state index < -0.39 is 0 Å². The second-order valence-corrected chi connectivity index (χ2v) is 28.9. The van der Waals surface area contributed by atoms with E-state index in [2.05, 4.69) is 93.5 Å². The first-order valence-electron chi connectivity index (χ1n) is 39.6. The summed E-state index contributed by atoms with van der Waals surface area (Å²) >= 11 is 2.04. The fourth-order valence-electron chi connectivity index (χ4n) is 13.6. The van der Waals surface area contributed by atoms with Gasteiger partial charge in [0.05, 0.1) is 0 Å². The third-order valence-corrected chi connectivity index (χ3v) is 20.6. The molecule has 0 radical (unpaired) electrons. The predicted octanol–water partition coefficient (Wildman–Crippen LogP) is 29.7. The molecular weight excluding hydrogens is 1100 g/mol. The molecule has 3 heteroatoms. The third kappa shape index (κ3) is 36.7. The monoisotopic (exact) mass is 1250 g/mol. The van der Waals surface area contributed by atoms with Crippen LogP contribution in [0.4, 0.5) is 0 Å². The maximum absolute atomic E-state index is 12.8. The number of benzene rings is 2. The van der Waals surface area contributed by atoms with Crippen molar-refractivity contribution in [2.45, 2.75) is 440 Å². The molecule has 1 aliphatic heterocycles. The van der Waals surface area contributed by atoms with Crippen LogP contribution in [0, 0.1) is 0 Å². The van der Waals surface area contributed by atoms with E-state index in [-0.39, 0.29) is 0 Å². The van der Waals surface area contributed by atoms with Gasteiger partial charge in [-0.3, -0.25) is 0 Å². The van der Waals surface area contributed by atoms with Crippen molar-refractivity contribution >= 4 is 11.4 Å². The van der Waals surface area contributed by atoms with Crippen LogP contribution in [0.3, 0.4) is 0 Å². The standard InChI is InChI=1S/C50H80N2.2C17H35.Ni/c1-9-17-25-33-45-39(27-19-11-3)35-43(36-40(45)28-20-12-4)49-47(31-23-15-7)48(32-24-16-8)50(52(49)51)44-37-41(29-21-13-5)46(34-26-18-10-2)42(38-44)30-22-14-6;2*1-3-5-7-9-11-13-15-17-16-14-12-10-8-6-4-2;/h35-38H,9-34H2,1-8H3;2*1,3-17H2,2H3;. The number of hydrogen-bond donors (Lipinski definition) is 0. The van der Waals surface area contributed by atoms with Gasteiger partial charge in [0, 0.05) is 22.3 Å². The van der Waals surface area contributed by atoms with Gasteiger partial charge >= 0.3 is 166 Å². The zero-order valence-corrected chi connectivity index (χ0v) is 61.5. The Kier molecular flexibility index (Phi) is 54.0. The molecule has 506 valence electrons. The average Bonchev–Trinajstić information content (AvgIpc) is 1.70. The molecule has 0 fully saturated rings. The summed E-state index contributed by atoms with van der Waals surface area (Å²) < 4.78 is 1.70. The van der Waals surface area contributed by atoms with Crippen LogP contribution in [0.5, 0.6) is 0 Å². The van der Waals surface area contributed by atoms with Crippen molar-refractivity contribution < 1.29 is 19.1 Å². The SMILES string of the molecule is CCCCCCCCCCCCCCCC[CH2][Ni][CH2]CCCCCCCCCCCCCCCC.CCCCCc1c(CCCC)cc(C2=C(CCCC)C(CCCC)=C(c3cc(CCCC)c(CCCCC)c(CCCC)c3)[N+]2=[N-])cc1CCCC. The van der Waals surface area contributed by atoms with Gasteiger partial charge in [-0.2, -0.15) is 0 Å². The molecule has 0 unspecified atom stereocenters. The molecule has 87 heavy (non-hydrogen) atoms. The molecule has 2 nitrogen and oxygen atoms in total. The van der Waals surface area contributed by atoms with Gasteiger partial charge in [-0.05, 0) is 160 Å². The van der Waals surface area contributed by atoms with Crippen LogP contribution in [0.25, 0.3) is 16.9 Å². The first-order chi connectivity index (χ1) is 42.8. The van der Waals surface area contributed by atoms with Gasteiger partial charge in [-0.25, -0.2) is 4.70 Å². The van der Waals surface area contributed by atoms with E-state index in [0.717, 1.165) is 75.6 Å². The Morgan fingerprint density at radius 2 is 0.448 bits per heavy atom. The summed E-state index contributed by atoms with van der Waals surface area (Å²) in [5.74, 6) is 0. The Balaban J connectivity index is 0.000000644. The molecule has 0 saturated carbocycles. The smallest absolute Gasteiger partial charge is 0.493 e. The number of rotatable bonds is 60. The number of hydrogen-bond acceptors (Lipinski definition) is 0. The summed E-state index contributed by atoms with van der Waals surface area (Å²) in [5.41, 5.74) is 29.7. The number of nitrogens with zero attached hydrogens (tertiary/aromatic N) is 2. The molecule has 0 spiro atoms. The molecule has 2 aromatic carbocycles. The summed E-state index contributed by atoms with van der Waals surface area (Å²) in [5, 5.41) is 2.87. The van der Waals surface area contributed by atoms with Crippen molar-refractivity contribution in [2.75, 3.05) is 0 Å². The van der Waals surface area contributed by atoms with E-state index in [4.69, 9.17) is 0 Å². The van der Waals surface area contributed by atoms with Crippen LogP contribution in [0.1, 0.15) is 435 Å². The maximum atomic E-state index is 12.8. The Hall–Kier alpha value is -1.99. The van der Waals surface area contributed by atoms with Crippen LogP contribution < -0.4 is 0 Å². The predicted molar refractivity (Wildman–Crippen MR) is 390 cm³/mol. The van der Waals surface area contributed by atoms with Crippen molar-refractivity contribution in [1.82, 2.24) is 0 Å². The zero-order valence-electron chi connectivity index (χ0n) is 60.5. The van der Waals surface area contributed by atoms with E-state index in [1.807, 2.05) is 14.4 Å². The van der Waals surface area contributed by atoms with Crippen LogP contribution >= 0.6 is 0 Å². The van der Waals surface area contributed by atoms with Gasteiger partial charge in [-0.15, -0.1) is 0 Å². The first kappa shape index (κ1) is 81.1. The second kappa shape index (κ2) is 57.9. The quantitative estimate of drug-likeness (QED) is 0.0358. The molecule has 1 heterocycles. The molecule has 0 bridgehead atoms. The molecule has 0 aromatic heterocycles. The molecular formula is C84H150N2Ni. The van der Waals surface area contributed by atoms with Crippen LogP contribution in [0.2, 0.25) is 10.8 Å². The van der Waals surface area contributed by atoms with Crippen molar-refractivity contribution in [1.29, 1.82) is 0 Å². The van der Waals surface area contributed by atoms with Crippen molar-refractivity contribution in [2.24, 2.45) is 0 Å². The molecule has 3 rings (SSSR count). The normalized spacial score (nSPS) is 12.6.